The van der Waals surface area contributed by atoms with Crippen LogP contribution in [0.2, 0.25) is 0 Å². The number of rotatable bonds is 8. The number of nitrogens with one attached hydrogen (secondary N) is 1. The summed E-state index contributed by atoms with van der Waals surface area (Å²) < 4.78 is 0. The van der Waals surface area contributed by atoms with E-state index in [1.807, 2.05) is 0 Å². The Bertz CT molecular complexity index is 381. The maximum atomic E-state index is 12.4. The van der Waals surface area contributed by atoms with Crippen molar-refractivity contribution in [2.24, 2.45) is 0 Å². The first-order valence-corrected chi connectivity index (χ1v) is 6.26. The molecule has 0 saturated carbocycles. The van der Waals surface area contributed by atoms with E-state index in [2.05, 4.69) is 31.6 Å². The molecule has 0 unspecified atom stereocenters. The Kier molecular flexibility index (Phi) is 4.86. The Morgan fingerprint density at radius 2 is 1.37 bits per heavy atom. The van der Waals surface area contributed by atoms with Crippen molar-refractivity contribution in [1.82, 2.24) is 10.4 Å². The van der Waals surface area contributed by atoms with Crippen LogP contribution in [0.3, 0.4) is 0 Å². The number of nitrogens with zero attached hydrogens (tertiary/aromatic N) is 1. The van der Waals surface area contributed by atoms with E-state index in [0.717, 1.165) is 0 Å². The summed E-state index contributed by atoms with van der Waals surface area (Å²) in [6, 6.07) is 0. The van der Waals surface area contributed by atoms with Crippen LogP contribution in [0.25, 0.3) is 0 Å². The second-order valence-corrected chi connectivity index (χ2v) is 4.81. The van der Waals surface area contributed by atoms with Crippen molar-refractivity contribution < 1.29 is 10.0 Å². The van der Waals surface area contributed by atoms with Gasteiger partial charge in [0.05, 0.1) is 0 Å². The van der Waals surface area contributed by atoms with Gasteiger partial charge >= 0.3 is 0 Å². The third kappa shape index (κ3) is 2.55. The van der Waals surface area contributed by atoms with E-state index in [9.17, 15) is 10.0 Å². The first-order chi connectivity index (χ1) is 9.02. The van der Waals surface area contributed by atoms with Gasteiger partial charge in [0.25, 0.3) is 5.91 Å². The Hall–Kier alpha value is -1.65. The smallest absolute Gasteiger partial charge is 0.271 e. The largest absolute Gasteiger partial charge is 0.277 e. The molecule has 1 aliphatic heterocycles. The zero-order valence-electron chi connectivity index (χ0n) is 11.2. The van der Waals surface area contributed by atoms with Crippen LogP contribution in [0.15, 0.2) is 50.6 Å². The Balaban J connectivity index is 3.21. The van der Waals surface area contributed by atoms with Crippen LogP contribution >= 0.6 is 0 Å². The van der Waals surface area contributed by atoms with E-state index in [1.165, 1.54) is 0 Å². The summed E-state index contributed by atoms with van der Waals surface area (Å²) in [7, 11) is 0. The average molecular weight is 261 g/mol. The van der Waals surface area contributed by atoms with Crippen LogP contribution in [0, 0.1) is 0 Å². The molecule has 1 saturated heterocycles. The van der Waals surface area contributed by atoms with Crippen molar-refractivity contribution in [3.05, 3.63) is 50.6 Å². The molecule has 1 rings (SSSR count). The third-order valence-electron chi connectivity index (χ3n) is 3.40. The highest BCUT2D eigenvalue weighted by Gasteiger charge is 2.57. The Labute approximate surface area is 114 Å². The summed E-state index contributed by atoms with van der Waals surface area (Å²) in [5, 5.41) is 16.0. The van der Waals surface area contributed by atoms with Crippen LogP contribution in [0.1, 0.15) is 25.7 Å². The number of hydrogen-bond donors (Lipinski definition) is 1. The van der Waals surface area contributed by atoms with E-state index in [4.69, 9.17) is 0 Å². The fraction of sp³-hybridized carbons (Fsp3) is 0.400. The minimum Gasteiger partial charge on any atom is -0.277 e. The van der Waals surface area contributed by atoms with Crippen molar-refractivity contribution in [1.29, 1.82) is 0 Å². The first kappa shape index (κ1) is 15.4. The van der Waals surface area contributed by atoms with E-state index in [0.29, 0.717) is 30.7 Å². The maximum absolute atomic E-state index is 12.4. The standard InChI is InChI=1S/C15H21N2O2/c1-5-9-14(10-6-2)13(18)17(19)15(16-14,11-7-3)12-8-4/h5-8,16H,1-4,9-12H2. The Morgan fingerprint density at radius 1 is 0.947 bits per heavy atom. The van der Waals surface area contributed by atoms with Gasteiger partial charge in [-0.15, -0.1) is 26.3 Å². The number of amides is 1. The molecule has 19 heavy (non-hydrogen) atoms. The zero-order valence-corrected chi connectivity index (χ0v) is 11.2. The molecule has 4 nitrogen and oxygen atoms in total. The van der Waals surface area contributed by atoms with Crippen LogP contribution in [-0.2, 0) is 10.0 Å². The topological polar surface area (TPSA) is 52.2 Å². The van der Waals surface area contributed by atoms with Gasteiger partial charge in [0.2, 0.25) is 0 Å². The lowest BCUT2D eigenvalue weighted by atomic mass is 9.90. The minimum absolute atomic E-state index is 0.365. The lowest BCUT2D eigenvalue weighted by Crippen LogP contribution is -2.53. The van der Waals surface area contributed by atoms with Crippen molar-refractivity contribution in [3.63, 3.8) is 0 Å². The van der Waals surface area contributed by atoms with E-state index in [1.54, 1.807) is 24.3 Å². The van der Waals surface area contributed by atoms with Gasteiger partial charge in [0.1, 0.15) is 11.2 Å². The molecule has 0 aliphatic carbocycles. The van der Waals surface area contributed by atoms with Crippen LogP contribution in [-0.4, -0.2) is 22.2 Å². The molecule has 1 radical (unpaired) electrons. The van der Waals surface area contributed by atoms with Gasteiger partial charge in [0.15, 0.2) is 0 Å². The predicted molar refractivity (Wildman–Crippen MR) is 75.4 cm³/mol. The average Bonchev–Trinajstić information content (AvgIpc) is 2.55. The van der Waals surface area contributed by atoms with Gasteiger partial charge in [-0.05, 0) is 12.8 Å². The molecule has 0 bridgehead atoms. The lowest BCUT2D eigenvalue weighted by molar-refractivity contribution is -0.213. The summed E-state index contributed by atoms with van der Waals surface area (Å²) in [6.45, 7) is 14.6. The summed E-state index contributed by atoms with van der Waals surface area (Å²) in [5.74, 6) is -0.476. The SMILES string of the molecule is C=CCC1(CC=C)NC(CC=C)(CC=C)N([O])C1=O. The summed E-state index contributed by atoms with van der Waals surface area (Å²) >= 11 is 0. The highest BCUT2D eigenvalue weighted by molar-refractivity contribution is 5.89. The van der Waals surface area contributed by atoms with Gasteiger partial charge in [0, 0.05) is 12.8 Å². The molecule has 0 aromatic carbocycles. The van der Waals surface area contributed by atoms with Crippen molar-refractivity contribution in [3.8, 4) is 0 Å². The number of carbonyl (C=O) groups is 1. The normalized spacial score (nSPS) is 20.1. The van der Waals surface area contributed by atoms with Crippen LogP contribution < -0.4 is 5.32 Å². The molecule has 0 spiro atoms. The highest BCUT2D eigenvalue weighted by Crippen LogP contribution is 2.37. The van der Waals surface area contributed by atoms with E-state index >= 15 is 0 Å². The monoisotopic (exact) mass is 261 g/mol. The molecule has 1 N–H and O–H groups in total. The number of hydrogen-bond acceptors (Lipinski definition) is 2. The maximum Gasteiger partial charge on any atom is 0.271 e. The van der Waals surface area contributed by atoms with E-state index in [-0.39, 0.29) is 0 Å². The third-order valence-corrected chi connectivity index (χ3v) is 3.40. The van der Waals surface area contributed by atoms with Gasteiger partial charge in [-0.25, -0.2) is 0 Å². The Morgan fingerprint density at radius 3 is 1.74 bits per heavy atom. The fourth-order valence-corrected chi connectivity index (χ4v) is 2.62. The van der Waals surface area contributed by atoms with E-state index < -0.39 is 17.1 Å². The summed E-state index contributed by atoms with van der Waals surface area (Å²) in [5.41, 5.74) is -1.94. The second-order valence-electron chi connectivity index (χ2n) is 4.81. The molecule has 1 aliphatic rings. The van der Waals surface area contributed by atoms with Gasteiger partial charge < -0.3 is 0 Å². The molecule has 0 aromatic heterocycles. The minimum atomic E-state index is -0.993. The number of carbonyl (C=O) groups excluding carboxylic acids is 1. The highest BCUT2D eigenvalue weighted by atomic mass is 16.5. The summed E-state index contributed by atoms with van der Waals surface area (Å²) in [6.07, 6.45) is 8.04. The van der Waals surface area contributed by atoms with Crippen molar-refractivity contribution in [2.75, 3.05) is 0 Å². The fourth-order valence-electron chi connectivity index (χ4n) is 2.62. The van der Waals surface area contributed by atoms with Gasteiger partial charge in [-0.2, -0.15) is 5.06 Å². The molecular formula is C15H21N2O2. The molecule has 0 atom stereocenters. The molecular weight excluding hydrogens is 240 g/mol. The second kappa shape index (κ2) is 5.99. The molecule has 103 valence electrons. The quantitative estimate of drug-likeness (QED) is 0.682. The predicted octanol–water partition coefficient (Wildman–Crippen LogP) is 2.50. The molecule has 1 fully saturated rings. The summed E-state index contributed by atoms with van der Waals surface area (Å²) in [4.78, 5) is 12.4. The zero-order chi connectivity index (χ0) is 14.5. The van der Waals surface area contributed by atoms with Crippen LogP contribution in [0.5, 0.6) is 0 Å². The number of hydroxylamine groups is 2. The van der Waals surface area contributed by atoms with Crippen LogP contribution in [0.4, 0.5) is 0 Å². The molecule has 1 amide bonds. The van der Waals surface area contributed by atoms with Crippen molar-refractivity contribution in [2.45, 2.75) is 36.9 Å². The lowest BCUT2D eigenvalue weighted by Gasteiger charge is -2.32. The molecule has 4 heteroatoms. The first-order valence-electron chi connectivity index (χ1n) is 6.26. The molecule has 0 aromatic rings. The van der Waals surface area contributed by atoms with Crippen molar-refractivity contribution >= 4 is 5.91 Å². The van der Waals surface area contributed by atoms with Gasteiger partial charge in [-0.1, -0.05) is 29.5 Å². The molecule has 1 heterocycles. The van der Waals surface area contributed by atoms with Gasteiger partial charge in [-0.3, -0.25) is 10.1 Å².